The summed E-state index contributed by atoms with van der Waals surface area (Å²) in [7, 11) is 0. The number of halogens is 2. The van der Waals surface area contributed by atoms with Crippen molar-refractivity contribution in [3.05, 3.63) is 25.7 Å². The van der Waals surface area contributed by atoms with Gasteiger partial charge >= 0.3 is 0 Å². The highest BCUT2D eigenvalue weighted by atomic mass is 79.9. The second kappa shape index (κ2) is 4.78. The Bertz CT molecular complexity index is 466. The zero-order valence-corrected chi connectivity index (χ0v) is 11.7. The van der Waals surface area contributed by atoms with Crippen molar-refractivity contribution in [1.29, 1.82) is 0 Å². The summed E-state index contributed by atoms with van der Waals surface area (Å²) >= 11 is 8.51. The predicted molar refractivity (Wildman–Crippen MR) is 68.0 cm³/mol. The first kappa shape index (κ1) is 11.3. The van der Waals surface area contributed by atoms with Gasteiger partial charge in [0.15, 0.2) is 11.7 Å². The van der Waals surface area contributed by atoms with E-state index in [0.29, 0.717) is 18.9 Å². The second-order valence-electron chi connectivity index (χ2n) is 2.89. The molecular weight excluding hydrogens is 344 g/mol. The van der Waals surface area contributed by atoms with Gasteiger partial charge in [-0.05, 0) is 37.9 Å². The van der Waals surface area contributed by atoms with Crippen LogP contribution in [-0.4, -0.2) is 11.5 Å². The molecule has 0 bridgehead atoms. The van der Waals surface area contributed by atoms with Crippen molar-refractivity contribution in [1.82, 2.24) is 4.98 Å². The summed E-state index contributed by atoms with van der Waals surface area (Å²) in [5, 5.41) is 0. The molecule has 6 heteroatoms. The highest BCUT2D eigenvalue weighted by molar-refractivity contribution is 9.12. The van der Waals surface area contributed by atoms with E-state index in [1.165, 1.54) is 0 Å². The van der Waals surface area contributed by atoms with Crippen LogP contribution in [0.5, 0.6) is 0 Å². The summed E-state index contributed by atoms with van der Waals surface area (Å²) in [4.78, 5) is 4.15. The Labute approximate surface area is 108 Å². The molecule has 0 radical (unpaired) electrons. The van der Waals surface area contributed by atoms with Gasteiger partial charge in [0.25, 0.3) is 0 Å². The van der Waals surface area contributed by atoms with Gasteiger partial charge in [0.2, 0.25) is 0 Å². The van der Waals surface area contributed by atoms with Crippen LogP contribution in [0.15, 0.2) is 24.3 Å². The van der Waals surface area contributed by atoms with Crippen molar-refractivity contribution < 1.29 is 4.42 Å². The van der Waals surface area contributed by atoms with Gasteiger partial charge in [0.1, 0.15) is 0 Å². The van der Waals surface area contributed by atoms with Gasteiger partial charge in [-0.3, -0.25) is 0 Å². The van der Waals surface area contributed by atoms with Crippen LogP contribution in [-0.2, 0) is 6.42 Å². The van der Waals surface area contributed by atoms with E-state index in [1.807, 2.05) is 6.07 Å². The van der Waals surface area contributed by atoms with Gasteiger partial charge in [-0.2, -0.15) is 0 Å². The maximum Gasteiger partial charge on any atom is 0.196 e. The average molecular weight is 352 g/mol. The van der Waals surface area contributed by atoms with E-state index in [1.54, 1.807) is 17.5 Å². The molecule has 0 saturated carbocycles. The van der Waals surface area contributed by atoms with Gasteiger partial charge in [-0.15, -0.1) is 11.3 Å². The number of rotatable bonds is 3. The van der Waals surface area contributed by atoms with E-state index in [9.17, 15) is 0 Å². The molecule has 2 heterocycles. The minimum Gasteiger partial charge on any atom is -0.441 e. The fraction of sp³-hybridized carbons (Fsp3) is 0.222. The Kier molecular flexibility index (Phi) is 3.60. The zero-order chi connectivity index (χ0) is 10.8. The van der Waals surface area contributed by atoms with E-state index in [2.05, 4.69) is 36.8 Å². The number of oxazole rings is 1. The van der Waals surface area contributed by atoms with Crippen LogP contribution in [0.25, 0.3) is 11.3 Å². The third-order valence-electron chi connectivity index (χ3n) is 1.83. The first-order valence-corrected chi connectivity index (χ1v) is 6.71. The summed E-state index contributed by atoms with van der Waals surface area (Å²) in [6, 6.07) is 2.00. The minimum absolute atomic E-state index is 0.550. The molecule has 0 aliphatic rings. The Morgan fingerprint density at radius 2 is 2.27 bits per heavy atom. The molecule has 2 N–H and O–H groups in total. The molecule has 0 aliphatic heterocycles. The van der Waals surface area contributed by atoms with Crippen LogP contribution in [0.2, 0.25) is 0 Å². The van der Waals surface area contributed by atoms with Gasteiger partial charge < -0.3 is 10.2 Å². The van der Waals surface area contributed by atoms with E-state index in [4.69, 9.17) is 10.2 Å². The smallest absolute Gasteiger partial charge is 0.196 e. The fourth-order valence-corrected chi connectivity index (χ4v) is 4.00. The Hall–Kier alpha value is -0.170. The molecule has 0 aromatic carbocycles. The summed E-state index contributed by atoms with van der Waals surface area (Å²) in [5.41, 5.74) is 6.44. The van der Waals surface area contributed by atoms with Crippen molar-refractivity contribution in [2.45, 2.75) is 6.42 Å². The van der Waals surface area contributed by atoms with Crippen LogP contribution >= 0.6 is 43.2 Å². The second-order valence-corrected chi connectivity index (χ2v) is 6.64. The molecule has 0 saturated heterocycles. The number of thiophene rings is 1. The van der Waals surface area contributed by atoms with Crippen molar-refractivity contribution >= 4 is 43.2 Å². The largest absolute Gasteiger partial charge is 0.441 e. The Balaban J connectivity index is 2.32. The topological polar surface area (TPSA) is 52.0 Å². The number of hydrogen-bond acceptors (Lipinski definition) is 4. The highest BCUT2D eigenvalue weighted by Gasteiger charge is 2.12. The quantitative estimate of drug-likeness (QED) is 0.921. The van der Waals surface area contributed by atoms with Gasteiger partial charge in [-0.1, -0.05) is 0 Å². The van der Waals surface area contributed by atoms with E-state index < -0.39 is 0 Å². The van der Waals surface area contributed by atoms with Gasteiger partial charge in [0.05, 0.1) is 13.8 Å². The molecule has 2 aromatic heterocycles. The molecular formula is C9H8Br2N2OS. The monoisotopic (exact) mass is 350 g/mol. The molecule has 80 valence electrons. The molecule has 3 nitrogen and oxygen atoms in total. The molecule has 0 unspecified atom stereocenters. The first-order chi connectivity index (χ1) is 7.20. The molecule has 0 amide bonds. The average Bonchev–Trinajstić information content (AvgIpc) is 2.73. The minimum atomic E-state index is 0.550. The summed E-state index contributed by atoms with van der Waals surface area (Å²) < 4.78 is 7.66. The molecule has 0 atom stereocenters. The van der Waals surface area contributed by atoms with Crippen LogP contribution in [0.1, 0.15) is 5.89 Å². The third-order valence-corrected chi connectivity index (χ3v) is 4.17. The SMILES string of the molecule is NCCc1ncc(-c2cc(Br)sc2Br)o1. The van der Waals surface area contributed by atoms with E-state index >= 15 is 0 Å². The molecule has 2 rings (SSSR count). The van der Waals surface area contributed by atoms with Crippen LogP contribution in [0, 0.1) is 0 Å². The highest BCUT2D eigenvalue weighted by Crippen LogP contribution is 2.38. The number of hydrogen-bond donors (Lipinski definition) is 1. The lowest BCUT2D eigenvalue weighted by atomic mass is 10.3. The molecule has 0 fully saturated rings. The van der Waals surface area contributed by atoms with Crippen molar-refractivity contribution in [3.63, 3.8) is 0 Å². The van der Waals surface area contributed by atoms with Crippen molar-refractivity contribution in [3.8, 4) is 11.3 Å². The zero-order valence-electron chi connectivity index (χ0n) is 7.67. The maximum absolute atomic E-state index is 5.57. The summed E-state index contributed by atoms with van der Waals surface area (Å²) in [6.07, 6.45) is 2.40. The standard InChI is InChI=1S/C9H8Br2N2OS/c10-7-3-5(9(11)15-7)6-4-13-8(14-6)1-2-12/h3-4H,1-2,12H2. The summed E-state index contributed by atoms with van der Waals surface area (Å²) in [5.74, 6) is 1.45. The molecule has 15 heavy (non-hydrogen) atoms. The van der Waals surface area contributed by atoms with E-state index in [0.717, 1.165) is 18.9 Å². The van der Waals surface area contributed by atoms with Gasteiger partial charge in [0, 0.05) is 18.5 Å². The van der Waals surface area contributed by atoms with Crippen molar-refractivity contribution in [2.75, 3.05) is 6.54 Å². The van der Waals surface area contributed by atoms with Crippen LogP contribution < -0.4 is 5.73 Å². The molecule has 0 aliphatic carbocycles. The molecule has 0 spiro atoms. The lowest BCUT2D eigenvalue weighted by Gasteiger charge is -1.92. The van der Waals surface area contributed by atoms with Crippen LogP contribution in [0.3, 0.4) is 0 Å². The normalized spacial score (nSPS) is 10.9. The summed E-state index contributed by atoms with van der Waals surface area (Å²) in [6.45, 7) is 0.550. The number of nitrogens with two attached hydrogens (primary N) is 1. The Morgan fingerprint density at radius 1 is 1.47 bits per heavy atom. The maximum atomic E-state index is 5.57. The first-order valence-electron chi connectivity index (χ1n) is 4.30. The predicted octanol–water partition coefficient (Wildman–Crippen LogP) is 3.43. The van der Waals surface area contributed by atoms with E-state index in [-0.39, 0.29) is 0 Å². The lowest BCUT2D eigenvalue weighted by molar-refractivity contribution is 0.508. The third kappa shape index (κ3) is 2.50. The van der Waals surface area contributed by atoms with Crippen LogP contribution in [0.4, 0.5) is 0 Å². The number of aromatic nitrogens is 1. The lowest BCUT2D eigenvalue weighted by Crippen LogP contribution is -2.02. The molecule has 2 aromatic rings. The Morgan fingerprint density at radius 3 is 2.87 bits per heavy atom. The van der Waals surface area contributed by atoms with Crippen molar-refractivity contribution in [2.24, 2.45) is 5.73 Å². The number of nitrogens with zero attached hydrogens (tertiary/aromatic N) is 1. The fourth-order valence-electron chi connectivity index (χ4n) is 1.18. The van der Waals surface area contributed by atoms with Gasteiger partial charge in [-0.25, -0.2) is 4.98 Å².